The van der Waals surface area contributed by atoms with Crippen LogP contribution >= 0.6 is 15.9 Å². The number of anilines is 1. The Kier molecular flexibility index (Phi) is 4.20. The number of aromatic nitrogens is 2. The van der Waals surface area contributed by atoms with Gasteiger partial charge < -0.3 is 5.32 Å². The molecule has 1 aromatic carbocycles. The predicted molar refractivity (Wildman–Crippen MR) is 83.5 cm³/mol. The number of rotatable bonds is 3. The molecule has 0 aliphatic heterocycles. The van der Waals surface area contributed by atoms with Crippen LogP contribution in [0.15, 0.2) is 28.7 Å². The summed E-state index contributed by atoms with van der Waals surface area (Å²) in [6, 6.07) is 8.25. The van der Waals surface area contributed by atoms with Gasteiger partial charge >= 0.3 is 0 Å². The van der Waals surface area contributed by atoms with E-state index in [0.717, 1.165) is 27.4 Å². The van der Waals surface area contributed by atoms with E-state index in [4.69, 9.17) is 4.98 Å². The average molecular weight is 320 g/mol. The van der Waals surface area contributed by atoms with Crippen molar-refractivity contribution in [3.05, 3.63) is 40.0 Å². The van der Waals surface area contributed by atoms with Crippen molar-refractivity contribution in [2.75, 3.05) is 12.4 Å². The lowest BCUT2D eigenvalue weighted by molar-refractivity contribution is 0.810. The van der Waals surface area contributed by atoms with Gasteiger partial charge in [-0.05, 0) is 34.8 Å². The van der Waals surface area contributed by atoms with Gasteiger partial charge in [0.1, 0.15) is 5.82 Å². The third kappa shape index (κ3) is 2.95. The highest BCUT2D eigenvalue weighted by atomic mass is 79.9. The molecule has 1 aromatic heterocycles. The fourth-order valence-corrected chi connectivity index (χ4v) is 2.76. The van der Waals surface area contributed by atoms with Crippen LogP contribution in [0, 0.1) is 6.92 Å². The first-order valence-corrected chi connectivity index (χ1v) is 7.14. The lowest BCUT2D eigenvalue weighted by Crippen LogP contribution is -2.04. The number of hydrogen-bond donors (Lipinski definition) is 1. The molecule has 0 spiro atoms. The van der Waals surface area contributed by atoms with E-state index in [1.807, 2.05) is 19.2 Å². The number of hydrogen-bond acceptors (Lipinski definition) is 3. The van der Waals surface area contributed by atoms with Crippen LogP contribution in [0.3, 0.4) is 0 Å². The van der Waals surface area contributed by atoms with Crippen molar-refractivity contribution >= 4 is 21.7 Å². The van der Waals surface area contributed by atoms with Gasteiger partial charge in [-0.15, -0.1) is 0 Å². The first-order valence-electron chi connectivity index (χ1n) is 6.35. The Morgan fingerprint density at radius 3 is 2.53 bits per heavy atom. The second-order valence-electron chi connectivity index (χ2n) is 4.87. The van der Waals surface area contributed by atoms with Crippen molar-refractivity contribution < 1.29 is 0 Å². The van der Waals surface area contributed by atoms with Crippen molar-refractivity contribution in [3.8, 4) is 11.4 Å². The summed E-state index contributed by atoms with van der Waals surface area (Å²) in [7, 11) is 1.87. The molecule has 0 saturated heterocycles. The Morgan fingerprint density at radius 1 is 1.21 bits per heavy atom. The van der Waals surface area contributed by atoms with Gasteiger partial charge in [0.2, 0.25) is 0 Å². The molecule has 2 rings (SSSR count). The van der Waals surface area contributed by atoms with Gasteiger partial charge in [0.15, 0.2) is 5.82 Å². The summed E-state index contributed by atoms with van der Waals surface area (Å²) >= 11 is 3.58. The van der Waals surface area contributed by atoms with E-state index in [0.29, 0.717) is 5.92 Å². The predicted octanol–water partition coefficient (Wildman–Crippen LogP) is 4.38. The molecule has 0 aliphatic carbocycles. The van der Waals surface area contributed by atoms with Crippen LogP contribution in [-0.2, 0) is 0 Å². The molecule has 0 saturated carbocycles. The summed E-state index contributed by atoms with van der Waals surface area (Å²) in [5.41, 5.74) is 3.28. The van der Waals surface area contributed by atoms with Crippen molar-refractivity contribution in [3.63, 3.8) is 0 Å². The number of halogens is 1. The summed E-state index contributed by atoms with van der Waals surface area (Å²) in [6.07, 6.45) is 0. The van der Waals surface area contributed by atoms with Gasteiger partial charge in [-0.1, -0.05) is 37.6 Å². The first kappa shape index (κ1) is 14.0. The Balaban J connectivity index is 2.61. The van der Waals surface area contributed by atoms with Gasteiger partial charge in [0.05, 0.1) is 10.2 Å². The Hall–Kier alpha value is -1.42. The fourth-order valence-electron chi connectivity index (χ4n) is 1.93. The maximum Gasteiger partial charge on any atom is 0.161 e. The summed E-state index contributed by atoms with van der Waals surface area (Å²) in [5.74, 6) is 1.93. The second kappa shape index (κ2) is 5.70. The molecular formula is C15H18BrN3. The van der Waals surface area contributed by atoms with E-state index in [-0.39, 0.29) is 0 Å². The molecule has 4 heteroatoms. The van der Waals surface area contributed by atoms with Gasteiger partial charge in [0, 0.05) is 12.6 Å². The maximum absolute atomic E-state index is 4.69. The maximum atomic E-state index is 4.69. The molecular weight excluding hydrogens is 302 g/mol. The second-order valence-corrected chi connectivity index (χ2v) is 5.66. The normalized spacial score (nSPS) is 10.8. The molecule has 100 valence electrons. The fraction of sp³-hybridized carbons (Fsp3) is 0.333. The summed E-state index contributed by atoms with van der Waals surface area (Å²) in [5, 5.41) is 3.12. The van der Waals surface area contributed by atoms with E-state index >= 15 is 0 Å². The zero-order valence-corrected chi connectivity index (χ0v) is 13.2. The number of nitrogens with zero attached hydrogens (tertiary/aromatic N) is 2. The van der Waals surface area contributed by atoms with E-state index < -0.39 is 0 Å². The Bertz CT molecular complexity index is 594. The Labute approximate surface area is 122 Å². The minimum Gasteiger partial charge on any atom is -0.372 e. The topological polar surface area (TPSA) is 37.8 Å². The highest BCUT2D eigenvalue weighted by Gasteiger charge is 2.15. The molecule has 0 fully saturated rings. The highest BCUT2D eigenvalue weighted by Crippen LogP contribution is 2.31. The third-order valence-corrected chi connectivity index (χ3v) is 3.72. The molecule has 0 atom stereocenters. The minimum absolute atomic E-state index is 0.341. The van der Waals surface area contributed by atoms with Crippen LogP contribution < -0.4 is 5.32 Å². The Morgan fingerprint density at radius 2 is 1.95 bits per heavy atom. The monoisotopic (exact) mass is 319 g/mol. The van der Waals surface area contributed by atoms with E-state index in [1.54, 1.807) is 0 Å². The van der Waals surface area contributed by atoms with Gasteiger partial charge in [-0.2, -0.15) is 0 Å². The number of nitrogens with one attached hydrogen (secondary N) is 1. The first-order chi connectivity index (χ1) is 9.02. The van der Waals surface area contributed by atoms with Crippen molar-refractivity contribution in [2.45, 2.75) is 26.7 Å². The van der Waals surface area contributed by atoms with Crippen LogP contribution in [0.5, 0.6) is 0 Å². The zero-order valence-electron chi connectivity index (χ0n) is 11.7. The molecule has 1 heterocycles. The molecule has 0 bridgehead atoms. The van der Waals surface area contributed by atoms with Crippen molar-refractivity contribution in [2.24, 2.45) is 0 Å². The van der Waals surface area contributed by atoms with E-state index in [1.165, 1.54) is 5.56 Å². The summed E-state index contributed by atoms with van der Waals surface area (Å²) in [6.45, 7) is 6.34. The van der Waals surface area contributed by atoms with E-state index in [9.17, 15) is 0 Å². The van der Waals surface area contributed by atoms with Crippen LogP contribution in [0.25, 0.3) is 11.4 Å². The lowest BCUT2D eigenvalue weighted by Gasteiger charge is -2.13. The van der Waals surface area contributed by atoms with Gasteiger partial charge in [-0.3, -0.25) is 0 Å². The van der Waals surface area contributed by atoms with Crippen molar-refractivity contribution in [1.29, 1.82) is 0 Å². The molecule has 0 unspecified atom stereocenters. The smallest absolute Gasteiger partial charge is 0.161 e. The quantitative estimate of drug-likeness (QED) is 0.912. The molecule has 0 amide bonds. The molecule has 3 nitrogen and oxygen atoms in total. The van der Waals surface area contributed by atoms with Gasteiger partial charge in [0.25, 0.3) is 0 Å². The third-order valence-electron chi connectivity index (χ3n) is 2.94. The summed E-state index contributed by atoms with van der Waals surface area (Å²) in [4.78, 5) is 9.27. The van der Waals surface area contributed by atoms with Crippen molar-refractivity contribution in [1.82, 2.24) is 9.97 Å². The summed E-state index contributed by atoms with van der Waals surface area (Å²) < 4.78 is 0.946. The van der Waals surface area contributed by atoms with Crippen LogP contribution in [-0.4, -0.2) is 17.0 Å². The minimum atomic E-state index is 0.341. The molecule has 0 radical (unpaired) electrons. The molecule has 2 aromatic rings. The molecule has 19 heavy (non-hydrogen) atoms. The average Bonchev–Trinajstić information content (AvgIpc) is 2.38. The number of benzene rings is 1. The van der Waals surface area contributed by atoms with Crippen LogP contribution in [0.2, 0.25) is 0 Å². The molecule has 1 N–H and O–H groups in total. The van der Waals surface area contributed by atoms with E-state index in [2.05, 4.69) is 59.1 Å². The van der Waals surface area contributed by atoms with Gasteiger partial charge in [-0.25, -0.2) is 9.97 Å². The largest absolute Gasteiger partial charge is 0.372 e. The highest BCUT2D eigenvalue weighted by molar-refractivity contribution is 9.10. The van der Waals surface area contributed by atoms with Crippen LogP contribution in [0.4, 0.5) is 5.82 Å². The molecule has 0 aliphatic rings. The standard InChI is InChI=1S/C15H18BrN3/c1-9(2)13-12(16)15(17-4)19-14(18-13)11-7-5-6-10(3)8-11/h5-9H,1-4H3,(H,17,18,19). The number of aryl methyl sites for hydroxylation is 1. The lowest BCUT2D eigenvalue weighted by atomic mass is 10.1. The zero-order chi connectivity index (χ0) is 14.0. The SMILES string of the molecule is CNc1nc(-c2cccc(C)c2)nc(C(C)C)c1Br. The van der Waals surface area contributed by atoms with Crippen LogP contribution in [0.1, 0.15) is 31.0 Å².